The zero-order valence-corrected chi connectivity index (χ0v) is 13.8. The molecule has 0 saturated heterocycles. The third-order valence-corrected chi connectivity index (χ3v) is 2.75. The van der Waals surface area contributed by atoms with Crippen molar-refractivity contribution in [3.05, 3.63) is 24.3 Å². The van der Waals surface area contributed by atoms with Crippen LogP contribution < -0.4 is 0 Å². The number of hydrogen-bond donors (Lipinski definition) is 1. The van der Waals surface area contributed by atoms with E-state index in [1.807, 2.05) is 4.74 Å². The van der Waals surface area contributed by atoms with E-state index in [9.17, 15) is 78.8 Å². The first-order valence-corrected chi connectivity index (χ1v) is 6.94. The first kappa shape index (κ1) is 31.3. The van der Waals surface area contributed by atoms with E-state index in [0.717, 1.165) is 0 Å². The van der Waals surface area contributed by atoms with Crippen LogP contribution in [0, 0.1) is 0 Å². The SMILES string of the molecule is FC(F)=C(F)F.O=S(O)C(F)(F)C(F)(F)OC(F)(C(F)(F)F)C(F)(F)OC(F)=C(F)F. The second-order valence-electron chi connectivity index (χ2n) is 4.15. The van der Waals surface area contributed by atoms with Gasteiger partial charge in [0, 0.05) is 0 Å². The zero-order chi connectivity index (χ0) is 25.8. The maximum Gasteiger partial charge on any atom is 0.471 e. The van der Waals surface area contributed by atoms with Gasteiger partial charge in [0.1, 0.15) is 0 Å². The van der Waals surface area contributed by atoms with E-state index in [4.69, 9.17) is 4.55 Å². The second-order valence-corrected chi connectivity index (χ2v) is 5.16. The summed E-state index contributed by atoms with van der Waals surface area (Å²) in [7, 11) is 0. The summed E-state index contributed by atoms with van der Waals surface area (Å²) in [6, 6.07) is -3.89. The fourth-order valence-electron chi connectivity index (χ4n) is 0.837. The predicted octanol–water partition coefficient (Wildman–Crippen LogP) is 6.27. The lowest BCUT2D eigenvalue weighted by atomic mass is 10.2. The molecule has 0 aromatic heterocycles. The minimum atomic E-state index is -7.42. The van der Waals surface area contributed by atoms with Gasteiger partial charge in [0.05, 0.1) is 0 Å². The molecule has 0 bridgehead atoms. The lowest BCUT2D eigenvalue weighted by molar-refractivity contribution is -0.510. The maximum absolute atomic E-state index is 13.3. The summed E-state index contributed by atoms with van der Waals surface area (Å²) in [6.45, 7) is 0. The summed E-state index contributed by atoms with van der Waals surface area (Å²) in [5, 5.41) is -6.59. The fourth-order valence-corrected chi connectivity index (χ4v) is 1.08. The van der Waals surface area contributed by atoms with Crippen LogP contribution in [0.4, 0.5) is 74.6 Å². The van der Waals surface area contributed by atoms with Gasteiger partial charge in [0.2, 0.25) is 11.1 Å². The van der Waals surface area contributed by atoms with Crippen molar-refractivity contribution in [3.63, 3.8) is 0 Å². The van der Waals surface area contributed by atoms with Crippen molar-refractivity contribution in [2.24, 2.45) is 0 Å². The molecule has 0 aliphatic carbocycles. The Kier molecular flexibility index (Phi) is 10.3. The average Bonchev–Trinajstić information content (AvgIpc) is 2.52. The molecule has 0 saturated carbocycles. The molecule has 4 nitrogen and oxygen atoms in total. The molecular formula is C9HF17O4S. The first-order valence-electron chi connectivity index (χ1n) is 5.83. The van der Waals surface area contributed by atoms with Crippen LogP contribution >= 0.6 is 0 Å². The normalized spacial score (nSPS) is 15.8. The molecule has 1 N–H and O–H groups in total. The van der Waals surface area contributed by atoms with Gasteiger partial charge in [-0.2, -0.15) is 74.6 Å². The standard InChI is InChI=1S/C7HF13O4S.C2F4/c8-1(9)2(10)23-5(15,16)3(11,4(12,13)14)24-6(17,18)7(19,20)25(21)22;3-1(4)2(5)6/h(H,21,22);. The van der Waals surface area contributed by atoms with Gasteiger partial charge in [-0.25, -0.2) is 4.21 Å². The molecular weight excluding hydrogens is 527 g/mol. The lowest BCUT2D eigenvalue weighted by Gasteiger charge is -2.36. The Morgan fingerprint density at radius 1 is 0.645 bits per heavy atom. The fraction of sp³-hybridized carbons (Fsp3) is 0.556. The van der Waals surface area contributed by atoms with Crippen LogP contribution in [0.3, 0.4) is 0 Å². The summed E-state index contributed by atoms with van der Waals surface area (Å²) in [6.07, 6.45) is -31.3. The van der Waals surface area contributed by atoms with Gasteiger partial charge in [-0.15, -0.1) is 0 Å². The monoisotopic (exact) mass is 528 g/mol. The molecule has 22 heteroatoms. The quantitative estimate of drug-likeness (QED) is 0.241. The summed E-state index contributed by atoms with van der Waals surface area (Å²) in [5.41, 5.74) is 0. The van der Waals surface area contributed by atoms with Gasteiger partial charge >= 0.3 is 53.8 Å². The third-order valence-electron chi connectivity index (χ3n) is 2.08. The average molecular weight is 528 g/mol. The number of rotatable bonds is 7. The van der Waals surface area contributed by atoms with E-state index in [0.29, 0.717) is 0 Å². The zero-order valence-electron chi connectivity index (χ0n) is 13.0. The van der Waals surface area contributed by atoms with Gasteiger partial charge in [0.25, 0.3) is 0 Å². The van der Waals surface area contributed by atoms with E-state index in [1.165, 1.54) is 0 Å². The number of hydrogen-bond acceptors (Lipinski definition) is 3. The Morgan fingerprint density at radius 2 is 1.00 bits per heavy atom. The van der Waals surface area contributed by atoms with E-state index in [2.05, 4.69) is 0 Å². The van der Waals surface area contributed by atoms with Crippen LogP contribution in [0.1, 0.15) is 0 Å². The molecule has 0 aromatic carbocycles. The molecule has 186 valence electrons. The highest BCUT2D eigenvalue weighted by Gasteiger charge is 2.81. The summed E-state index contributed by atoms with van der Waals surface area (Å²) < 4.78 is 224. The van der Waals surface area contributed by atoms with Crippen molar-refractivity contribution in [2.45, 2.75) is 29.5 Å². The summed E-state index contributed by atoms with van der Waals surface area (Å²) in [5.74, 6) is -7.36. The van der Waals surface area contributed by atoms with Crippen LogP contribution in [0.2, 0.25) is 0 Å². The van der Waals surface area contributed by atoms with Crippen LogP contribution in [0.5, 0.6) is 0 Å². The van der Waals surface area contributed by atoms with Crippen molar-refractivity contribution in [1.29, 1.82) is 0 Å². The van der Waals surface area contributed by atoms with E-state index in [1.54, 1.807) is 4.74 Å². The molecule has 0 aliphatic rings. The Bertz CT molecular complexity index is 693. The highest BCUT2D eigenvalue weighted by atomic mass is 32.2. The Hall–Kier alpha value is -1.84. The third kappa shape index (κ3) is 7.66. The van der Waals surface area contributed by atoms with Crippen molar-refractivity contribution in [2.75, 3.05) is 0 Å². The minimum Gasteiger partial charge on any atom is -0.398 e. The highest BCUT2D eigenvalue weighted by Crippen LogP contribution is 2.53. The largest absolute Gasteiger partial charge is 0.471 e. The number of alkyl halides is 10. The Morgan fingerprint density at radius 3 is 1.23 bits per heavy atom. The molecule has 0 aliphatic heterocycles. The highest BCUT2D eigenvalue weighted by molar-refractivity contribution is 7.80. The molecule has 2 unspecified atom stereocenters. The molecule has 0 aromatic rings. The maximum atomic E-state index is 13.3. The van der Waals surface area contributed by atoms with Gasteiger partial charge < -0.3 is 9.29 Å². The minimum absolute atomic E-state index is 1.62. The molecule has 0 fully saturated rings. The number of ether oxygens (including phenoxy) is 2. The van der Waals surface area contributed by atoms with E-state index >= 15 is 0 Å². The molecule has 0 rings (SSSR count). The van der Waals surface area contributed by atoms with E-state index < -0.39 is 64.8 Å². The smallest absolute Gasteiger partial charge is 0.398 e. The topological polar surface area (TPSA) is 55.8 Å². The molecule has 0 spiro atoms. The second kappa shape index (κ2) is 10.2. The van der Waals surface area contributed by atoms with Crippen molar-refractivity contribution >= 4 is 11.1 Å². The van der Waals surface area contributed by atoms with Gasteiger partial charge in [-0.05, 0) is 0 Å². The molecule has 0 radical (unpaired) electrons. The van der Waals surface area contributed by atoms with Crippen molar-refractivity contribution < 1.29 is 92.9 Å². The molecule has 0 heterocycles. The van der Waals surface area contributed by atoms with Crippen molar-refractivity contribution in [3.8, 4) is 0 Å². The summed E-state index contributed by atoms with van der Waals surface area (Å²) in [4.78, 5) is 0. The summed E-state index contributed by atoms with van der Waals surface area (Å²) >= 11 is -5.08. The van der Waals surface area contributed by atoms with Crippen LogP contribution in [0.25, 0.3) is 0 Å². The van der Waals surface area contributed by atoms with Crippen LogP contribution in [-0.2, 0) is 20.6 Å². The van der Waals surface area contributed by atoms with E-state index in [-0.39, 0.29) is 0 Å². The molecule has 31 heavy (non-hydrogen) atoms. The van der Waals surface area contributed by atoms with Gasteiger partial charge in [-0.1, -0.05) is 0 Å². The Balaban J connectivity index is 0. The predicted molar refractivity (Wildman–Crippen MR) is 59.5 cm³/mol. The van der Waals surface area contributed by atoms with Crippen LogP contribution in [-0.4, -0.2) is 38.3 Å². The lowest BCUT2D eigenvalue weighted by Crippen LogP contribution is -2.63. The number of halogens is 17. The van der Waals surface area contributed by atoms with Crippen LogP contribution in [0.15, 0.2) is 24.3 Å². The van der Waals surface area contributed by atoms with Gasteiger partial charge in [0.15, 0.2) is 0 Å². The Labute approximate surface area is 159 Å². The molecule has 2 atom stereocenters. The van der Waals surface area contributed by atoms with Gasteiger partial charge in [-0.3, -0.25) is 4.74 Å². The first-order chi connectivity index (χ1) is 13.4. The van der Waals surface area contributed by atoms with Crippen molar-refractivity contribution in [1.82, 2.24) is 0 Å². The molecule has 0 amide bonds.